The number of carbonyl (C=O) groups is 2. The predicted octanol–water partition coefficient (Wildman–Crippen LogP) is 8.88. The molecule has 1 saturated carbocycles. The van der Waals surface area contributed by atoms with Crippen LogP contribution in [0.3, 0.4) is 0 Å². The number of nitrogens with zero attached hydrogens (tertiary/aromatic N) is 1. The maximum atomic E-state index is 15.2. The Morgan fingerprint density at radius 1 is 0.738 bits per heavy atom. The Morgan fingerprint density at radius 3 is 2.10 bits per heavy atom. The molecule has 1 heterocycles. The van der Waals surface area contributed by atoms with Crippen molar-refractivity contribution in [1.29, 1.82) is 0 Å². The minimum absolute atomic E-state index is 0.0614. The van der Waals surface area contributed by atoms with Crippen molar-refractivity contribution in [2.45, 2.75) is 69.0 Å². The fraction of sp³-hybridized carbons (Fsp3) is 0.316. The van der Waals surface area contributed by atoms with Crippen LogP contribution in [-0.2, 0) is 6.42 Å². The highest BCUT2D eigenvalue weighted by Gasteiger charge is 2.67. The Bertz CT molecular complexity index is 1580. The zero-order valence-electron chi connectivity index (χ0n) is 23.8. The van der Waals surface area contributed by atoms with Gasteiger partial charge < -0.3 is 0 Å². The van der Waals surface area contributed by atoms with Gasteiger partial charge in [0.15, 0.2) is 11.6 Å². The molecule has 7 rings (SSSR count). The van der Waals surface area contributed by atoms with E-state index in [0.29, 0.717) is 17.0 Å². The van der Waals surface area contributed by atoms with E-state index in [2.05, 4.69) is 47.4 Å². The van der Waals surface area contributed by atoms with Gasteiger partial charge in [0.2, 0.25) is 0 Å². The van der Waals surface area contributed by atoms with Gasteiger partial charge in [-0.05, 0) is 54.5 Å². The van der Waals surface area contributed by atoms with Gasteiger partial charge >= 0.3 is 0 Å². The molecule has 0 amide bonds. The molecule has 212 valence electrons. The van der Waals surface area contributed by atoms with Crippen LogP contribution in [0.5, 0.6) is 0 Å². The number of halogens is 1. The Kier molecular flexibility index (Phi) is 7.34. The molecule has 0 radical (unpaired) electrons. The minimum Gasteiger partial charge on any atom is -0.293 e. The lowest BCUT2D eigenvalue weighted by atomic mass is 9.57. The largest absolute Gasteiger partial charge is 0.293 e. The molecule has 0 aromatic heterocycles. The van der Waals surface area contributed by atoms with Crippen molar-refractivity contribution in [3.05, 3.63) is 142 Å². The first-order valence-electron chi connectivity index (χ1n) is 15.4. The highest BCUT2D eigenvalue weighted by atomic mass is 35.5. The van der Waals surface area contributed by atoms with E-state index < -0.39 is 11.5 Å². The van der Waals surface area contributed by atoms with Crippen LogP contribution in [0.1, 0.15) is 87.9 Å². The highest BCUT2D eigenvalue weighted by Crippen LogP contribution is 2.63. The lowest BCUT2D eigenvalue weighted by Crippen LogP contribution is -2.55. The van der Waals surface area contributed by atoms with Crippen molar-refractivity contribution in [1.82, 2.24) is 4.90 Å². The summed E-state index contributed by atoms with van der Waals surface area (Å²) in [6.45, 7) is 0. The zero-order valence-corrected chi connectivity index (χ0v) is 24.5. The van der Waals surface area contributed by atoms with Gasteiger partial charge in [0, 0.05) is 34.2 Å². The van der Waals surface area contributed by atoms with Crippen LogP contribution in [0.15, 0.2) is 109 Å². The maximum Gasteiger partial charge on any atom is 0.181 e. The smallest absolute Gasteiger partial charge is 0.181 e. The molecule has 0 bridgehead atoms. The molecule has 0 N–H and O–H groups in total. The Balaban J connectivity index is 1.53. The van der Waals surface area contributed by atoms with E-state index in [9.17, 15) is 0 Å². The minimum atomic E-state index is -0.924. The Morgan fingerprint density at radius 2 is 1.38 bits per heavy atom. The van der Waals surface area contributed by atoms with Gasteiger partial charge in [-0.15, -0.1) is 0 Å². The summed E-state index contributed by atoms with van der Waals surface area (Å²) >= 11 is 6.42. The number of hydrogen-bond acceptors (Lipinski definition) is 3. The standard InChI is InChI=1S/C38H36ClNO2/c39-30-22-20-27(21-23-30)33-34(28-13-4-1-5-14-28)40(31-17-8-3-9-18-31)36(35(41)29-15-6-2-7-16-29)38(33)25-24-26-12-10-11-19-32(26)37(38)42/h1-2,4-7,10-16,19-23,31,33-34,36H,3,8-9,17-18,24-25H2/t33-,34-,36-,38+/m1/s1. The third-order valence-corrected chi connectivity index (χ3v) is 10.4. The van der Waals surface area contributed by atoms with E-state index in [1.54, 1.807) is 0 Å². The van der Waals surface area contributed by atoms with Crippen molar-refractivity contribution >= 4 is 23.2 Å². The van der Waals surface area contributed by atoms with Crippen LogP contribution >= 0.6 is 11.6 Å². The molecule has 1 spiro atoms. The molecule has 2 fully saturated rings. The quantitative estimate of drug-likeness (QED) is 0.224. The molecular weight excluding hydrogens is 538 g/mol. The van der Waals surface area contributed by atoms with Gasteiger partial charge in [-0.3, -0.25) is 14.5 Å². The number of carbonyl (C=O) groups excluding carboxylic acids is 2. The lowest BCUT2D eigenvalue weighted by molar-refractivity contribution is 0.0414. The summed E-state index contributed by atoms with van der Waals surface area (Å²) in [5.41, 5.74) is 3.85. The van der Waals surface area contributed by atoms with Gasteiger partial charge in [0.25, 0.3) is 0 Å². The monoisotopic (exact) mass is 573 g/mol. The third kappa shape index (κ3) is 4.46. The van der Waals surface area contributed by atoms with Crippen molar-refractivity contribution in [3.8, 4) is 0 Å². The summed E-state index contributed by atoms with van der Waals surface area (Å²) in [6.07, 6.45) is 6.98. The van der Waals surface area contributed by atoms with E-state index in [-0.39, 0.29) is 29.6 Å². The second kappa shape index (κ2) is 11.3. The molecule has 4 heteroatoms. The molecule has 4 atom stereocenters. The second-order valence-electron chi connectivity index (χ2n) is 12.3. The zero-order chi connectivity index (χ0) is 28.7. The Hall–Kier alpha value is -3.53. The number of ketones is 2. The Labute approximate surface area is 253 Å². The number of hydrogen-bond donors (Lipinski definition) is 0. The fourth-order valence-corrected chi connectivity index (χ4v) is 8.51. The average Bonchev–Trinajstić information content (AvgIpc) is 3.35. The third-order valence-electron chi connectivity index (χ3n) is 10.1. The average molecular weight is 574 g/mol. The lowest BCUT2D eigenvalue weighted by Gasteiger charge is -2.44. The number of rotatable bonds is 5. The number of aryl methyl sites for hydroxylation is 1. The molecule has 42 heavy (non-hydrogen) atoms. The summed E-state index contributed by atoms with van der Waals surface area (Å²) in [5.74, 6) is -0.0401. The van der Waals surface area contributed by atoms with E-state index in [4.69, 9.17) is 11.6 Å². The van der Waals surface area contributed by atoms with Gasteiger partial charge in [-0.2, -0.15) is 0 Å². The molecule has 1 saturated heterocycles. The van der Waals surface area contributed by atoms with Crippen LogP contribution in [-0.4, -0.2) is 28.6 Å². The SMILES string of the molecule is O=C(c1ccccc1)[C@H]1N(C2CCCCC2)[C@H](c2ccccc2)[C@@H](c2ccc(Cl)cc2)[C@@]12CCc1ccccc1C2=O. The molecule has 2 aliphatic carbocycles. The van der Waals surface area contributed by atoms with Crippen molar-refractivity contribution < 1.29 is 9.59 Å². The van der Waals surface area contributed by atoms with Crippen LogP contribution < -0.4 is 0 Å². The van der Waals surface area contributed by atoms with Crippen LogP contribution in [0.4, 0.5) is 0 Å². The van der Waals surface area contributed by atoms with Crippen molar-refractivity contribution in [2.24, 2.45) is 5.41 Å². The first-order valence-corrected chi connectivity index (χ1v) is 15.8. The number of likely N-dealkylation sites (tertiary alicyclic amines) is 1. The van der Waals surface area contributed by atoms with Crippen LogP contribution in [0.2, 0.25) is 5.02 Å². The fourth-order valence-electron chi connectivity index (χ4n) is 8.39. The molecule has 3 nitrogen and oxygen atoms in total. The van der Waals surface area contributed by atoms with E-state index >= 15 is 9.59 Å². The van der Waals surface area contributed by atoms with E-state index in [0.717, 1.165) is 54.4 Å². The molecule has 4 aromatic carbocycles. The topological polar surface area (TPSA) is 37.4 Å². The number of fused-ring (bicyclic) bond motifs is 1. The summed E-state index contributed by atoms with van der Waals surface area (Å²) in [5, 5.41) is 0.670. The predicted molar refractivity (Wildman–Crippen MR) is 168 cm³/mol. The molecule has 0 unspecified atom stereocenters. The molecule has 1 aliphatic heterocycles. The van der Waals surface area contributed by atoms with Crippen LogP contribution in [0.25, 0.3) is 0 Å². The highest BCUT2D eigenvalue weighted by molar-refractivity contribution is 6.30. The summed E-state index contributed by atoms with van der Waals surface area (Å²) in [4.78, 5) is 32.8. The summed E-state index contributed by atoms with van der Waals surface area (Å²) < 4.78 is 0. The second-order valence-corrected chi connectivity index (χ2v) is 12.7. The summed E-state index contributed by atoms with van der Waals surface area (Å²) in [7, 11) is 0. The molecule has 4 aromatic rings. The van der Waals surface area contributed by atoms with E-state index in [1.165, 1.54) is 6.42 Å². The van der Waals surface area contributed by atoms with E-state index in [1.807, 2.05) is 66.7 Å². The van der Waals surface area contributed by atoms with Gasteiger partial charge in [0.05, 0.1) is 11.5 Å². The van der Waals surface area contributed by atoms with Crippen LogP contribution in [0, 0.1) is 5.41 Å². The summed E-state index contributed by atoms with van der Waals surface area (Å²) in [6, 6.07) is 35.9. The van der Waals surface area contributed by atoms with Crippen molar-refractivity contribution in [3.63, 3.8) is 0 Å². The molecule has 3 aliphatic rings. The maximum absolute atomic E-state index is 15.2. The first-order chi connectivity index (χ1) is 20.6. The van der Waals surface area contributed by atoms with Gasteiger partial charge in [0.1, 0.15) is 0 Å². The van der Waals surface area contributed by atoms with Gasteiger partial charge in [-0.1, -0.05) is 128 Å². The first kappa shape index (κ1) is 27.3. The van der Waals surface area contributed by atoms with Gasteiger partial charge in [-0.25, -0.2) is 0 Å². The number of Topliss-reactive ketones (excluding diaryl/α,β-unsaturated/α-hetero) is 2. The van der Waals surface area contributed by atoms with Crippen molar-refractivity contribution in [2.75, 3.05) is 0 Å². The normalized spacial score (nSPS) is 26.3. The number of benzene rings is 4. The molecular formula is C38H36ClNO2.